The highest BCUT2D eigenvalue weighted by molar-refractivity contribution is 7.10. The van der Waals surface area contributed by atoms with Gasteiger partial charge in [0.05, 0.1) is 0 Å². The van der Waals surface area contributed by atoms with E-state index in [0.29, 0.717) is 0 Å². The number of nitrogens with two attached hydrogens (primary N) is 1. The van der Waals surface area contributed by atoms with E-state index < -0.39 is 0 Å². The van der Waals surface area contributed by atoms with Gasteiger partial charge in [0.25, 0.3) is 0 Å². The van der Waals surface area contributed by atoms with Gasteiger partial charge in [-0.1, -0.05) is 6.07 Å². The lowest BCUT2D eigenvalue weighted by Crippen LogP contribution is -2.11. The molecule has 0 saturated heterocycles. The summed E-state index contributed by atoms with van der Waals surface area (Å²) in [5, 5.41) is 2.05. The Morgan fingerprint density at radius 1 is 1.67 bits per heavy atom. The highest BCUT2D eigenvalue weighted by Gasteiger charge is 2.05. The predicted octanol–water partition coefficient (Wildman–Crippen LogP) is 2.17. The summed E-state index contributed by atoms with van der Waals surface area (Å²) in [4.78, 5) is 1.25. The molecule has 0 bridgehead atoms. The number of ether oxygens (including phenoxy) is 1. The lowest BCUT2D eigenvalue weighted by Gasteiger charge is -2.08. The van der Waals surface area contributed by atoms with E-state index in [4.69, 9.17) is 10.5 Å². The second-order valence-electron chi connectivity index (χ2n) is 2.61. The van der Waals surface area contributed by atoms with Gasteiger partial charge < -0.3 is 10.5 Å². The molecule has 0 radical (unpaired) electrons. The summed E-state index contributed by atoms with van der Waals surface area (Å²) in [5.74, 6) is 0. The minimum atomic E-state index is 0.150. The summed E-state index contributed by atoms with van der Waals surface area (Å²) >= 11 is 1.71. The predicted molar refractivity (Wildman–Crippen MR) is 52.4 cm³/mol. The Morgan fingerprint density at radius 2 is 2.50 bits per heavy atom. The molecule has 2 N–H and O–H groups in total. The molecule has 1 rings (SSSR count). The number of hydrogen-bond acceptors (Lipinski definition) is 3. The fourth-order valence-electron chi connectivity index (χ4n) is 0.999. The summed E-state index contributed by atoms with van der Waals surface area (Å²) in [6.07, 6.45) is 0.911. The largest absolute Gasteiger partial charge is 0.382 e. The number of hydrogen-bond donors (Lipinski definition) is 1. The molecular formula is C9H15NOS. The fourth-order valence-corrected chi connectivity index (χ4v) is 1.76. The average molecular weight is 185 g/mol. The minimum Gasteiger partial charge on any atom is -0.382 e. The Labute approximate surface area is 77.3 Å². The van der Waals surface area contributed by atoms with Gasteiger partial charge in [-0.25, -0.2) is 0 Å². The van der Waals surface area contributed by atoms with Crippen LogP contribution >= 0.6 is 11.3 Å². The van der Waals surface area contributed by atoms with Gasteiger partial charge in [-0.3, -0.25) is 0 Å². The molecule has 0 aromatic carbocycles. The first-order valence-electron chi connectivity index (χ1n) is 4.21. The molecule has 0 fully saturated rings. The molecule has 1 unspecified atom stereocenters. The average Bonchev–Trinajstić information content (AvgIpc) is 2.56. The van der Waals surface area contributed by atoms with Crippen molar-refractivity contribution >= 4 is 11.3 Å². The van der Waals surface area contributed by atoms with Crippen LogP contribution in [0.25, 0.3) is 0 Å². The second kappa shape index (κ2) is 5.30. The van der Waals surface area contributed by atoms with Gasteiger partial charge in [0.1, 0.15) is 0 Å². The molecule has 1 aromatic heterocycles. The van der Waals surface area contributed by atoms with Gasteiger partial charge in [-0.2, -0.15) is 0 Å². The molecule has 0 aliphatic heterocycles. The van der Waals surface area contributed by atoms with E-state index in [1.807, 2.05) is 13.0 Å². The van der Waals surface area contributed by atoms with Crippen LogP contribution < -0.4 is 5.73 Å². The van der Waals surface area contributed by atoms with Crippen LogP contribution in [0.15, 0.2) is 17.5 Å². The van der Waals surface area contributed by atoms with Crippen LogP contribution in [-0.4, -0.2) is 13.2 Å². The fraction of sp³-hybridized carbons (Fsp3) is 0.556. The van der Waals surface area contributed by atoms with E-state index in [0.717, 1.165) is 19.6 Å². The van der Waals surface area contributed by atoms with Crippen LogP contribution in [0.3, 0.4) is 0 Å². The standard InChI is InChI=1S/C9H15NOS/c1-2-11-6-5-8(10)9-4-3-7-12-9/h3-4,7-8H,2,5-6,10H2,1H3. The normalized spacial score (nSPS) is 13.2. The van der Waals surface area contributed by atoms with Crippen LogP contribution in [0.1, 0.15) is 24.3 Å². The van der Waals surface area contributed by atoms with E-state index in [2.05, 4.69) is 11.4 Å². The lowest BCUT2D eigenvalue weighted by atomic mass is 10.2. The first-order valence-corrected chi connectivity index (χ1v) is 5.09. The first-order chi connectivity index (χ1) is 5.84. The van der Waals surface area contributed by atoms with Gasteiger partial charge in [-0.05, 0) is 24.8 Å². The third kappa shape index (κ3) is 2.93. The molecule has 1 aromatic rings. The van der Waals surface area contributed by atoms with Crippen LogP contribution in [0.4, 0.5) is 0 Å². The lowest BCUT2D eigenvalue weighted by molar-refractivity contribution is 0.140. The van der Waals surface area contributed by atoms with Crippen LogP contribution in [0.5, 0.6) is 0 Å². The maximum atomic E-state index is 5.91. The topological polar surface area (TPSA) is 35.2 Å². The van der Waals surface area contributed by atoms with Gasteiger partial charge in [0, 0.05) is 24.1 Å². The van der Waals surface area contributed by atoms with Gasteiger partial charge in [-0.15, -0.1) is 11.3 Å². The Bertz CT molecular complexity index is 198. The molecule has 12 heavy (non-hydrogen) atoms. The Morgan fingerprint density at radius 3 is 3.08 bits per heavy atom. The third-order valence-electron chi connectivity index (χ3n) is 1.69. The Kier molecular flexibility index (Phi) is 4.29. The Hall–Kier alpha value is -0.380. The van der Waals surface area contributed by atoms with Gasteiger partial charge in [0.15, 0.2) is 0 Å². The molecule has 0 aliphatic rings. The van der Waals surface area contributed by atoms with Crippen LogP contribution in [-0.2, 0) is 4.74 Å². The van der Waals surface area contributed by atoms with Crippen molar-refractivity contribution in [1.82, 2.24) is 0 Å². The van der Waals surface area contributed by atoms with Crippen molar-refractivity contribution in [1.29, 1.82) is 0 Å². The zero-order valence-electron chi connectivity index (χ0n) is 7.32. The highest BCUT2D eigenvalue weighted by atomic mass is 32.1. The maximum Gasteiger partial charge on any atom is 0.0484 e. The monoisotopic (exact) mass is 185 g/mol. The second-order valence-corrected chi connectivity index (χ2v) is 3.59. The molecule has 1 heterocycles. The highest BCUT2D eigenvalue weighted by Crippen LogP contribution is 2.19. The molecule has 0 saturated carbocycles. The smallest absolute Gasteiger partial charge is 0.0484 e. The molecule has 1 atom stereocenters. The van der Waals surface area contributed by atoms with Gasteiger partial charge >= 0.3 is 0 Å². The van der Waals surface area contributed by atoms with Gasteiger partial charge in [0.2, 0.25) is 0 Å². The van der Waals surface area contributed by atoms with E-state index in [9.17, 15) is 0 Å². The summed E-state index contributed by atoms with van der Waals surface area (Å²) in [6, 6.07) is 4.25. The van der Waals surface area contributed by atoms with Crippen molar-refractivity contribution in [3.63, 3.8) is 0 Å². The van der Waals surface area contributed by atoms with Crippen molar-refractivity contribution < 1.29 is 4.74 Å². The van der Waals surface area contributed by atoms with E-state index in [1.54, 1.807) is 11.3 Å². The zero-order valence-corrected chi connectivity index (χ0v) is 8.14. The molecule has 0 aliphatic carbocycles. The minimum absolute atomic E-state index is 0.150. The SMILES string of the molecule is CCOCCC(N)c1cccs1. The molecule has 2 nitrogen and oxygen atoms in total. The summed E-state index contributed by atoms with van der Waals surface area (Å²) in [7, 11) is 0. The van der Waals surface area contributed by atoms with Crippen molar-refractivity contribution in [2.24, 2.45) is 5.73 Å². The zero-order chi connectivity index (χ0) is 8.81. The summed E-state index contributed by atoms with van der Waals surface area (Å²) in [6.45, 7) is 3.53. The Balaban J connectivity index is 2.25. The van der Waals surface area contributed by atoms with Crippen LogP contribution in [0.2, 0.25) is 0 Å². The molecule has 68 valence electrons. The molecule has 0 amide bonds. The van der Waals surface area contributed by atoms with E-state index in [-0.39, 0.29) is 6.04 Å². The molecule has 0 spiro atoms. The summed E-state index contributed by atoms with van der Waals surface area (Å²) in [5.41, 5.74) is 5.91. The van der Waals surface area contributed by atoms with E-state index >= 15 is 0 Å². The third-order valence-corrected chi connectivity index (χ3v) is 2.69. The quantitative estimate of drug-likeness (QED) is 0.714. The summed E-state index contributed by atoms with van der Waals surface area (Å²) < 4.78 is 5.23. The van der Waals surface area contributed by atoms with E-state index in [1.165, 1.54) is 4.88 Å². The van der Waals surface area contributed by atoms with Crippen molar-refractivity contribution in [3.8, 4) is 0 Å². The molecular weight excluding hydrogens is 170 g/mol. The first kappa shape index (κ1) is 9.71. The van der Waals surface area contributed by atoms with Crippen molar-refractivity contribution in [2.45, 2.75) is 19.4 Å². The number of rotatable bonds is 5. The van der Waals surface area contributed by atoms with Crippen molar-refractivity contribution in [2.75, 3.05) is 13.2 Å². The number of thiophene rings is 1. The van der Waals surface area contributed by atoms with Crippen molar-refractivity contribution in [3.05, 3.63) is 22.4 Å². The van der Waals surface area contributed by atoms with Crippen LogP contribution in [0, 0.1) is 0 Å². The molecule has 3 heteroatoms. The maximum absolute atomic E-state index is 5.91.